The zero-order valence-electron chi connectivity index (χ0n) is 13.7. The largest absolute Gasteiger partial charge is 0.524 e. The number of amides is 1. The topological polar surface area (TPSA) is 115 Å². The first-order valence-corrected chi connectivity index (χ1v) is 9.47. The van der Waals surface area contributed by atoms with E-state index in [0.29, 0.717) is 28.7 Å². The number of phosphoric acid groups is 1. The van der Waals surface area contributed by atoms with Gasteiger partial charge < -0.3 is 14.8 Å². The monoisotopic (exact) mass is 365 g/mol. The molecule has 0 fully saturated rings. The molecule has 25 heavy (non-hydrogen) atoms. The number of phosphoric ester groups is 1. The Hall–Kier alpha value is -2.12. The zero-order chi connectivity index (χ0) is 18.0. The fraction of sp³-hybridized carbons (Fsp3) is 0.312. The van der Waals surface area contributed by atoms with E-state index in [1.54, 1.807) is 18.2 Å². The maximum absolute atomic E-state index is 11.4. The molecule has 1 aromatic carbocycles. The van der Waals surface area contributed by atoms with Gasteiger partial charge in [0.25, 0.3) is 0 Å². The molecule has 134 valence electrons. The van der Waals surface area contributed by atoms with Gasteiger partial charge in [0.1, 0.15) is 0 Å². The van der Waals surface area contributed by atoms with Crippen LogP contribution in [0.5, 0.6) is 5.75 Å². The number of hydrogen-bond donors (Lipinski definition) is 4. The van der Waals surface area contributed by atoms with Crippen LogP contribution in [0.3, 0.4) is 0 Å². The summed E-state index contributed by atoms with van der Waals surface area (Å²) in [6.45, 7) is 4.67. The van der Waals surface area contributed by atoms with E-state index < -0.39 is 7.82 Å². The van der Waals surface area contributed by atoms with Gasteiger partial charge in [-0.3, -0.25) is 19.5 Å². The molecule has 0 atom stereocenters. The van der Waals surface area contributed by atoms with Crippen LogP contribution in [-0.2, 0) is 9.36 Å². The standard InChI is InChI=1S/C16H20N3O5P/c1-2-19-7-5-11(6-8-19)15-16(24-25(21,22)23)13-9-12(17-10-20)3-4-14(13)18-15/h3-5,9-10,18H,2,6-8H2,1H3,(H,17,20)(H2,21,22,23). The number of aromatic nitrogens is 1. The number of hydrogen-bond acceptors (Lipinski definition) is 4. The molecule has 1 aliphatic rings. The first kappa shape index (κ1) is 17.7. The molecule has 2 aromatic rings. The second-order valence-electron chi connectivity index (χ2n) is 5.81. The lowest BCUT2D eigenvalue weighted by atomic mass is 10.0. The summed E-state index contributed by atoms with van der Waals surface area (Å²) in [4.78, 5) is 34.7. The van der Waals surface area contributed by atoms with Crippen LogP contribution in [0.2, 0.25) is 0 Å². The molecule has 0 unspecified atom stereocenters. The number of H-pyrrole nitrogens is 1. The van der Waals surface area contributed by atoms with Crippen molar-refractivity contribution in [2.24, 2.45) is 0 Å². The van der Waals surface area contributed by atoms with E-state index in [4.69, 9.17) is 4.52 Å². The van der Waals surface area contributed by atoms with Gasteiger partial charge in [0.2, 0.25) is 6.41 Å². The molecule has 0 bridgehead atoms. The van der Waals surface area contributed by atoms with Crippen molar-refractivity contribution in [2.75, 3.05) is 25.0 Å². The molecule has 2 heterocycles. The van der Waals surface area contributed by atoms with Crippen molar-refractivity contribution in [1.29, 1.82) is 0 Å². The molecule has 1 aromatic heterocycles. The maximum atomic E-state index is 11.4. The summed E-state index contributed by atoms with van der Waals surface area (Å²) >= 11 is 0. The minimum Gasteiger partial charge on any atom is -0.401 e. The summed E-state index contributed by atoms with van der Waals surface area (Å²) in [5.74, 6) is 0.106. The molecule has 0 aliphatic carbocycles. The molecule has 1 amide bonds. The van der Waals surface area contributed by atoms with Gasteiger partial charge in [-0.15, -0.1) is 0 Å². The van der Waals surface area contributed by atoms with Crippen molar-refractivity contribution in [1.82, 2.24) is 9.88 Å². The lowest BCUT2D eigenvalue weighted by molar-refractivity contribution is -0.105. The Morgan fingerprint density at radius 3 is 2.84 bits per heavy atom. The molecule has 0 spiro atoms. The minimum absolute atomic E-state index is 0.106. The number of rotatable bonds is 6. The second-order valence-corrected chi connectivity index (χ2v) is 6.97. The predicted molar refractivity (Wildman–Crippen MR) is 95.4 cm³/mol. The molecule has 1 aliphatic heterocycles. The van der Waals surface area contributed by atoms with Crippen molar-refractivity contribution in [3.8, 4) is 5.75 Å². The van der Waals surface area contributed by atoms with E-state index in [1.165, 1.54) is 0 Å². The van der Waals surface area contributed by atoms with Gasteiger partial charge in [-0.2, -0.15) is 0 Å². The zero-order valence-corrected chi connectivity index (χ0v) is 14.6. The van der Waals surface area contributed by atoms with Gasteiger partial charge in [0.15, 0.2) is 5.75 Å². The predicted octanol–water partition coefficient (Wildman–Crippen LogP) is 2.32. The normalized spacial score (nSPS) is 15.9. The second kappa shape index (κ2) is 7.01. The van der Waals surface area contributed by atoms with E-state index in [2.05, 4.69) is 22.1 Å². The summed E-state index contributed by atoms with van der Waals surface area (Å²) in [6, 6.07) is 5.06. The lowest BCUT2D eigenvalue weighted by Crippen LogP contribution is -2.28. The highest BCUT2D eigenvalue weighted by Gasteiger charge is 2.25. The Morgan fingerprint density at radius 1 is 1.44 bits per heavy atom. The van der Waals surface area contributed by atoms with Gasteiger partial charge in [-0.1, -0.05) is 13.0 Å². The Balaban J connectivity index is 2.10. The number of likely N-dealkylation sites (N-methyl/N-ethyl adjacent to an activating group) is 1. The van der Waals surface area contributed by atoms with Crippen LogP contribution >= 0.6 is 7.82 Å². The number of anilines is 1. The molecule has 0 saturated carbocycles. The Kier molecular flexibility index (Phi) is 4.96. The van der Waals surface area contributed by atoms with Crippen molar-refractivity contribution in [2.45, 2.75) is 13.3 Å². The number of nitrogens with one attached hydrogen (secondary N) is 2. The number of nitrogens with zero attached hydrogens (tertiary/aromatic N) is 1. The average molecular weight is 365 g/mol. The maximum Gasteiger partial charge on any atom is 0.524 e. The third kappa shape index (κ3) is 3.93. The van der Waals surface area contributed by atoms with Crippen LogP contribution in [0.4, 0.5) is 5.69 Å². The molecule has 8 nitrogen and oxygen atoms in total. The van der Waals surface area contributed by atoms with Crippen LogP contribution in [0.25, 0.3) is 16.5 Å². The third-order valence-electron chi connectivity index (χ3n) is 4.25. The number of aromatic amines is 1. The van der Waals surface area contributed by atoms with Crippen LogP contribution in [0.15, 0.2) is 24.3 Å². The highest BCUT2D eigenvalue weighted by Crippen LogP contribution is 2.46. The highest BCUT2D eigenvalue weighted by molar-refractivity contribution is 7.46. The van der Waals surface area contributed by atoms with E-state index in [0.717, 1.165) is 31.6 Å². The van der Waals surface area contributed by atoms with Crippen LogP contribution in [0, 0.1) is 0 Å². The SMILES string of the molecule is CCN1CC=C(c2[nH]c3ccc(NC=O)cc3c2OP(=O)(O)O)CC1. The third-order valence-corrected chi connectivity index (χ3v) is 4.67. The number of carbonyl (C=O) groups excluding carboxylic acids is 1. The van der Waals surface area contributed by atoms with Gasteiger partial charge in [0.05, 0.1) is 5.69 Å². The van der Waals surface area contributed by atoms with Gasteiger partial charge in [0, 0.05) is 29.7 Å². The smallest absolute Gasteiger partial charge is 0.401 e. The molecular formula is C16H20N3O5P. The first-order valence-electron chi connectivity index (χ1n) is 7.94. The number of benzene rings is 1. The van der Waals surface area contributed by atoms with E-state index >= 15 is 0 Å². The summed E-state index contributed by atoms with van der Waals surface area (Å²) in [5.41, 5.74) is 2.71. The molecule has 0 radical (unpaired) electrons. The molecule has 9 heteroatoms. The summed E-state index contributed by atoms with van der Waals surface area (Å²) in [6.07, 6.45) is 3.33. The van der Waals surface area contributed by atoms with Crippen molar-refractivity contribution in [3.63, 3.8) is 0 Å². The van der Waals surface area contributed by atoms with Crippen molar-refractivity contribution < 1.29 is 23.7 Å². The molecule has 3 rings (SSSR count). The van der Waals surface area contributed by atoms with Gasteiger partial charge >= 0.3 is 7.82 Å². The number of fused-ring (bicyclic) bond motifs is 1. The average Bonchev–Trinajstić information content (AvgIpc) is 2.92. The summed E-state index contributed by atoms with van der Waals surface area (Å²) in [7, 11) is -4.73. The van der Waals surface area contributed by atoms with Crippen molar-refractivity contribution >= 4 is 36.4 Å². The lowest BCUT2D eigenvalue weighted by Gasteiger charge is -2.24. The summed E-state index contributed by atoms with van der Waals surface area (Å²) < 4.78 is 16.4. The quantitative estimate of drug-likeness (QED) is 0.461. The number of carbonyl (C=O) groups is 1. The van der Waals surface area contributed by atoms with E-state index in [9.17, 15) is 19.1 Å². The molecule has 0 saturated heterocycles. The fourth-order valence-corrected chi connectivity index (χ4v) is 3.42. The van der Waals surface area contributed by atoms with Crippen molar-refractivity contribution in [3.05, 3.63) is 30.0 Å². The Labute approximate surface area is 144 Å². The van der Waals surface area contributed by atoms with E-state index in [1.807, 2.05) is 6.08 Å². The van der Waals surface area contributed by atoms with Gasteiger partial charge in [-0.05, 0) is 36.7 Å². The van der Waals surface area contributed by atoms with Crippen LogP contribution in [0.1, 0.15) is 19.0 Å². The highest BCUT2D eigenvalue weighted by atomic mass is 31.2. The van der Waals surface area contributed by atoms with Crippen LogP contribution in [-0.4, -0.2) is 45.7 Å². The molecular weight excluding hydrogens is 345 g/mol. The first-order chi connectivity index (χ1) is 11.9. The molecule has 4 N–H and O–H groups in total. The Bertz CT molecular complexity index is 870. The summed E-state index contributed by atoms with van der Waals surface area (Å²) in [5, 5.41) is 3.03. The van der Waals surface area contributed by atoms with E-state index in [-0.39, 0.29) is 5.75 Å². The van der Waals surface area contributed by atoms with Gasteiger partial charge in [-0.25, -0.2) is 4.57 Å². The minimum atomic E-state index is -4.73. The Morgan fingerprint density at radius 2 is 2.24 bits per heavy atom. The van der Waals surface area contributed by atoms with Crippen LogP contribution < -0.4 is 9.84 Å². The fourth-order valence-electron chi connectivity index (χ4n) is 2.99.